The Morgan fingerprint density at radius 1 is 1.36 bits per heavy atom. The lowest BCUT2D eigenvalue weighted by atomic mass is 10.1. The molecule has 1 aromatic rings. The Kier molecular flexibility index (Phi) is 8.14. The van der Waals surface area contributed by atoms with Crippen LogP contribution >= 0.6 is 0 Å². The van der Waals surface area contributed by atoms with Crippen LogP contribution in [-0.2, 0) is 11.2 Å². The lowest BCUT2D eigenvalue weighted by Gasteiger charge is -2.14. The molecular formula is C16H26N4O2. The van der Waals surface area contributed by atoms with Gasteiger partial charge in [-0.1, -0.05) is 0 Å². The third-order valence-corrected chi connectivity index (χ3v) is 3.20. The van der Waals surface area contributed by atoms with Crippen LogP contribution in [0, 0.1) is 0 Å². The van der Waals surface area contributed by atoms with Gasteiger partial charge in [0.2, 0.25) is 5.91 Å². The second kappa shape index (κ2) is 9.89. The van der Waals surface area contributed by atoms with Crippen LogP contribution in [0.15, 0.2) is 18.3 Å². The summed E-state index contributed by atoms with van der Waals surface area (Å²) < 4.78 is 0. The number of pyridine rings is 1. The summed E-state index contributed by atoms with van der Waals surface area (Å²) >= 11 is 0. The molecule has 1 heterocycles. The van der Waals surface area contributed by atoms with Crippen LogP contribution in [0.1, 0.15) is 49.2 Å². The van der Waals surface area contributed by atoms with Crippen molar-refractivity contribution >= 4 is 11.8 Å². The van der Waals surface area contributed by atoms with Crippen molar-refractivity contribution in [3.8, 4) is 0 Å². The first-order valence-electron chi connectivity index (χ1n) is 7.79. The molecule has 0 fully saturated rings. The standard InChI is InChI=1S/C16H26N4O2/c1-3-18-16(22)13-7-9-19-14(11-13)10-12(2)20-15(21)6-4-5-8-17/h7,9,11-12H,3-6,8,10,17H2,1-2H3,(H,18,22)(H,20,21). The zero-order valence-electron chi connectivity index (χ0n) is 13.4. The molecule has 1 unspecified atom stereocenters. The smallest absolute Gasteiger partial charge is 0.251 e. The average molecular weight is 306 g/mol. The molecule has 4 N–H and O–H groups in total. The zero-order chi connectivity index (χ0) is 16.4. The Morgan fingerprint density at radius 3 is 2.82 bits per heavy atom. The van der Waals surface area contributed by atoms with Crippen LogP contribution in [0.5, 0.6) is 0 Å². The van der Waals surface area contributed by atoms with E-state index in [-0.39, 0.29) is 17.9 Å². The molecule has 1 aromatic heterocycles. The van der Waals surface area contributed by atoms with E-state index in [0.717, 1.165) is 18.5 Å². The average Bonchev–Trinajstić information content (AvgIpc) is 2.47. The van der Waals surface area contributed by atoms with E-state index in [4.69, 9.17) is 5.73 Å². The highest BCUT2D eigenvalue weighted by atomic mass is 16.2. The molecule has 0 saturated carbocycles. The van der Waals surface area contributed by atoms with Gasteiger partial charge in [-0.3, -0.25) is 14.6 Å². The number of hydrogen-bond donors (Lipinski definition) is 3. The van der Waals surface area contributed by atoms with E-state index < -0.39 is 0 Å². The summed E-state index contributed by atoms with van der Waals surface area (Å²) in [5, 5.41) is 5.70. The van der Waals surface area contributed by atoms with E-state index >= 15 is 0 Å². The molecule has 6 nitrogen and oxygen atoms in total. The van der Waals surface area contributed by atoms with Crippen molar-refractivity contribution in [3.05, 3.63) is 29.6 Å². The summed E-state index contributed by atoms with van der Waals surface area (Å²) in [7, 11) is 0. The predicted octanol–water partition coefficient (Wildman–Crippen LogP) is 1.01. The van der Waals surface area contributed by atoms with E-state index in [1.165, 1.54) is 0 Å². The van der Waals surface area contributed by atoms with Crippen molar-refractivity contribution in [3.63, 3.8) is 0 Å². The number of nitrogens with two attached hydrogens (primary N) is 1. The van der Waals surface area contributed by atoms with E-state index in [0.29, 0.717) is 31.5 Å². The lowest BCUT2D eigenvalue weighted by Crippen LogP contribution is -2.34. The van der Waals surface area contributed by atoms with E-state index in [1.807, 2.05) is 13.8 Å². The maximum Gasteiger partial charge on any atom is 0.251 e. The molecule has 0 aliphatic carbocycles. The third-order valence-electron chi connectivity index (χ3n) is 3.20. The summed E-state index contributed by atoms with van der Waals surface area (Å²) in [5.74, 6) is -0.0783. The zero-order valence-corrected chi connectivity index (χ0v) is 13.4. The number of carbonyl (C=O) groups excluding carboxylic acids is 2. The molecule has 6 heteroatoms. The van der Waals surface area contributed by atoms with Crippen LogP contribution in [-0.4, -0.2) is 35.9 Å². The van der Waals surface area contributed by atoms with E-state index in [2.05, 4.69) is 15.6 Å². The maximum atomic E-state index is 11.8. The van der Waals surface area contributed by atoms with Crippen LogP contribution in [0.2, 0.25) is 0 Å². The van der Waals surface area contributed by atoms with Gasteiger partial charge in [0.1, 0.15) is 0 Å². The molecule has 0 aromatic carbocycles. The van der Waals surface area contributed by atoms with Crippen molar-refractivity contribution < 1.29 is 9.59 Å². The first kappa shape index (κ1) is 18.1. The monoisotopic (exact) mass is 306 g/mol. The summed E-state index contributed by atoms with van der Waals surface area (Å²) in [5.41, 5.74) is 6.79. The fourth-order valence-corrected chi connectivity index (χ4v) is 2.14. The summed E-state index contributed by atoms with van der Waals surface area (Å²) in [6.45, 7) is 5.01. The largest absolute Gasteiger partial charge is 0.353 e. The van der Waals surface area contributed by atoms with E-state index in [9.17, 15) is 9.59 Å². The number of amides is 2. The van der Waals surface area contributed by atoms with Crippen molar-refractivity contribution in [1.29, 1.82) is 0 Å². The molecule has 0 spiro atoms. The van der Waals surface area contributed by atoms with Crippen LogP contribution < -0.4 is 16.4 Å². The number of rotatable bonds is 9. The van der Waals surface area contributed by atoms with Crippen molar-refractivity contribution in [2.45, 2.75) is 45.6 Å². The predicted molar refractivity (Wildman–Crippen MR) is 86.5 cm³/mol. The molecule has 0 aliphatic heterocycles. The maximum absolute atomic E-state index is 11.8. The molecule has 0 aliphatic rings. The Hall–Kier alpha value is -1.95. The van der Waals surface area contributed by atoms with Crippen LogP contribution in [0.4, 0.5) is 0 Å². The van der Waals surface area contributed by atoms with Gasteiger partial charge >= 0.3 is 0 Å². The number of nitrogens with zero attached hydrogens (tertiary/aromatic N) is 1. The van der Waals surface area contributed by atoms with Gasteiger partial charge in [0.15, 0.2) is 0 Å². The van der Waals surface area contributed by atoms with Gasteiger partial charge in [-0.25, -0.2) is 0 Å². The van der Waals surface area contributed by atoms with Gasteiger partial charge in [-0.15, -0.1) is 0 Å². The lowest BCUT2D eigenvalue weighted by molar-refractivity contribution is -0.121. The Labute approximate surface area is 131 Å². The van der Waals surface area contributed by atoms with Gasteiger partial charge in [0, 0.05) is 42.9 Å². The van der Waals surface area contributed by atoms with Crippen LogP contribution in [0.3, 0.4) is 0 Å². The number of carbonyl (C=O) groups is 2. The number of hydrogen-bond acceptors (Lipinski definition) is 4. The quantitative estimate of drug-likeness (QED) is 0.593. The minimum absolute atomic E-state index is 0.0256. The molecular weight excluding hydrogens is 280 g/mol. The molecule has 1 atom stereocenters. The van der Waals surface area contributed by atoms with Gasteiger partial charge in [0.05, 0.1) is 0 Å². The highest BCUT2D eigenvalue weighted by Crippen LogP contribution is 2.05. The second-order valence-corrected chi connectivity index (χ2v) is 5.31. The van der Waals surface area contributed by atoms with Crippen molar-refractivity contribution in [1.82, 2.24) is 15.6 Å². The fourth-order valence-electron chi connectivity index (χ4n) is 2.14. The summed E-state index contributed by atoms with van der Waals surface area (Å²) in [6.07, 6.45) is 4.37. The van der Waals surface area contributed by atoms with Crippen LogP contribution in [0.25, 0.3) is 0 Å². The Bertz CT molecular complexity index is 491. The Balaban J connectivity index is 2.50. The molecule has 122 valence electrons. The van der Waals surface area contributed by atoms with E-state index in [1.54, 1.807) is 18.3 Å². The summed E-state index contributed by atoms with van der Waals surface area (Å²) in [6, 6.07) is 3.43. The first-order valence-corrected chi connectivity index (χ1v) is 7.79. The van der Waals surface area contributed by atoms with Gasteiger partial charge < -0.3 is 16.4 Å². The summed E-state index contributed by atoms with van der Waals surface area (Å²) in [4.78, 5) is 27.8. The van der Waals surface area contributed by atoms with Gasteiger partial charge in [-0.05, 0) is 45.4 Å². The Morgan fingerprint density at radius 2 is 2.14 bits per heavy atom. The third kappa shape index (κ3) is 6.67. The highest BCUT2D eigenvalue weighted by Gasteiger charge is 2.11. The van der Waals surface area contributed by atoms with Gasteiger partial charge in [0.25, 0.3) is 5.91 Å². The molecule has 1 rings (SSSR count). The topological polar surface area (TPSA) is 97.1 Å². The van der Waals surface area contributed by atoms with Crippen molar-refractivity contribution in [2.24, 2.45) is 5.73 Å². The highest BCUT2D eigenvalue weighted by molar-refractivity contribution is 5.94. The fraction of sp³-hybridized carbons (Fsp3) is 0.562. The number of unbranched alkanes of at least 4 members (excludes halogenated alkanes) is 1. The molecule has 0 saturated heterocycles. The minimum Gasteiger partial charge on any atom is -0.353 e. The SMILES string of the molecule is CCNC(=O)c1ccnc(CC(C)NC(=O)CCCCN)c1. The molecule has 0 radical (unpaired) electrons. The molecule has 2 amide bonds. The number of nitrogens with one attached hydrogen (secondary N) is 2. The minimum atomic E-state index is -0.107. The molecule has 22 heavy (non-hydrogen) atoms. The van der Waals surface area contributed by atoms with Gasteiger partial charge in [-0.2, -0.15) is 0 Å². The van der Waals surface area contributed by atoms with Crippen molar-refractivity contribution in [2.75, 3.05) is 13.1 Å². The second-order valence-electron chi connectivity index (χ2n) is 5.31. The first-order chi connectivity index (χ1) is 10.6. The normalized spacial score (nSPS) is 11.8. The molecule has 0 bridgehead atoms. The number of aromatic nitrogens is 1.